The molecule has 2 aromatic rings. The Morgan fingerprint density at radius 3 is 3.17 bits per heavy atom. The zero-order chi connectivity index (χ0) is 15.8. The fourth-order valence-electron chi connectivity index (χ4n) is 3.09. The lowest BCUT2D eigenvalue weighted by Crippen LogP contribution is -2.31. The van der Waals surface area contributed by atoms with Crippen LogP contribution >= 0.6 is 11.3 Å². The topological polar surface area (TPSA) is 54.5 Å². The number of rotatable bonds is 3. The number of carbonyl (C=O) groups excluding carboxylic acids is 1. The van der Waals surface area contributed by atoms with Crippen LogP contribution in [0.5, 0.6) is 5.75 Å². The normalized spacial score (nSPS) is 19.8. The minimum absolute atomic E-state index is 0.111. The number of para-hydroxylation sites is 1. The number of hydrogen-bond donors (Lipinski definition) is 1. The van der Waals surface area contributed by atoms with Crippen molar-refractivity contribution in [3.05, 3.63) is 40.4 Å². The second-order valence-corrected chi connectivity index (χ2v) is 7.00. The highest BCUT2D eigenvalue weighted by Crippen LogP contribution is 2.31. The van der Waals surface area contributed by atoms with E-state index in [-0.39, 0.29) is 5.91 Å². The first kappa shape index (κ1) is 14.7. The molecule has 2 aliphatic heterocycles. The van der Waals surface area contributed by atoms with Crippen LogP contribution in [0.15, 0.2) is 24.3 Å². The van der Waals surface area contributed by atoms with Gasteiger partial charge in [-0.2, -0.15) is 0 Å². The molecule has 1 N–H and O–H groups in total. The molecule has 0 radical (unpaired) electrons. The van der Waals surface area contributed by atoms with Gasteiger partial charge in [0.05, 0.1) is 5.69 Å². The van der Waals surface area contributed by atoms with Crippen LogP contribution in [-0.2, 0) is 24.2 Å². The van der Waals surface area contributed by atoms with E-state index in [1.165, 1.54) is 4.88 Å². The van der Waals surface area contributed by atoms with Crippen LogP contribution in [0, 0.1) is 0 Å². The number of thiazole rings is 1. The van der Waals surface area contributed by atoms with Crippen molar-refractivity contribution in [1.82, 2.24) is 9.88 Å². The lowest BCUT2D eigenvalue weighted by atomic mass is 10.1. The maximum atomic E-state index is 12.4. The van der Waals surface area contributed by atoms with Gasteiger partial charge >= 0.3 is 0 Å². The molecule has 1 aromatic carbocycles. The highest BCUT2D eigenvalue weighted by molar-refractivity contribution is 7.15. The lowest BCUT2D eigenvalue weighted by molar-refractivity contribution is -0.122. The van der Waals surface area contributed by atoms with E-state index in [2.05, 4.69) is 22.1 Å². The molecule has 120 valence electrons. The van der Waals surface area contributed by atoms with Crippen molar-refractivity contribution in [2.75, 3.05) is 18.4 Å². The first-order chi connectivity index (χ1) is 11.2. The molecule has 1 atom stereocenters. The Bertz CT molecular complexity index is 718. The zero-order valence-corrected chi connectivity index (χ0v) is 13.9. The number of ether oxygens (including phenoxy) is 1. The molecule has 6 heteroatoms. The van der Waals surface area contributed by atoms with Crippen LogP contribution in [0.25, 0.3) is 0 Å². The van der Waals surface area contributed by atoms with E-state index in [4.69, 9.17) is 4.74 Å². The zero-order valence-electron chi connectivity index (χ0n) is 13.0. The van der Waals surface area contributed by atoms with Gasteiger partial charge in [0.15, 0.2) is 11.2 Å². The van der Waals surface area contributed by atoms with Gasteiger partial charge in [0, 0.05) is 30.8 Å². The first-order valence-electron chi connectivity index (χ1n) is 7.99. The van der Waals surface area contributed by atoms with Crippen LogP contribution in [0.3, 0.4) is 0 Å². The van der Waals surface area contributed by atoms with Gasteiger partial charge in [-0.25, -0.2) is 4.98 Å². The number of benzene rings is 1. The Balaban J connectivity index is 1.43. The summed E-state index contributed by atoms with van der Waals surface area (Å²) in [4.78, 5) is 20.7. The quantitative estimate of drug-likeness (QED) is 0.940. The van der Waals surface area contributed by atoms with Gasteiger partial charge in [0.2, 0.25) is 0 Å². The molecule has 1 aromatic heterocycles. The number of likely N-dealkylation sites (N-methyl/N-ethyl adjacent to an activating group) is 1. The third-order valence-electron chi connectivity index (χ3n) is 4.43. The molecule has 0 saturated carbocycles. The Morgan fingerprint density at radius 1 is 1.48 bits per heavy atom. The van der Waals surface area contributed by atoms with Gasteiger partial charge in [0.1, 0.15) is 5.75 Å². The van der Waals surface area contributed by atoms with Gasteiger partial charge in [-0.1, -0.05) is 25.1 Å². The van der Waals surface area contributed by atoms with Crippen molar-refractivity contribution >= 4 is 22.4 Å². The molecule has 0 spiro atoms. The average molecular weight is 329 g/mol. The number of nitrogens with zero attached hydrogens (tertiary/aromatic N) is 2. The number of fused-ring (bicyclic) bond motifs is 2. The van der Waals surface area contributed by atoms with Crippen molar-refractivity contribution in [3.8, 4) is 5.75 Å². The van der Waals surface area contributed by atoms with E-state index in [1.807, 2.05) is 24.3 Å². The Labute approximate surface area is 139 Å². The fourth-order valence-corrected chi connectivity index (χ4v) is 4.14. The molecular weight excluding hydrogens is 310 g/mol. The smallest absolute Gasteiger partial charge is 0.267 e. The number of carbonyl (C=O) groups is 1. The predicted molar refractivity (Wildman–Crippen MR) is 90.0 cm³/mol. The molecule has 2 aliphatic rings. The maximum Gasteiger partial charge on any atom is 0.267 e. The SMILES string of the molecule is CCN1CCc2nc(NC(=O)C3Cc4ccccc4O3)sc2C1. The van der Waals surface area contributed by atoms with Crippen molar-refractivity contribution in [1.29, 1.82) is 0 Å². The second kappa shape index (κ2) is 5.94. The van der Waals surface area contributed by atoms with Crippen molar-refractivity contribution < 1.29 is 9.53 Å². The van der Waals surface area contributed by atoms with Gasteiger partial charge in [-0.05, 0) is 18.2 Å². The van der Waals surface area contributed by atoms with E-state index in [0.717, 1.165) is 43.1 Å². The molecular formula is C17H19N3O2S. The van der Waals surface area contributed by atoms with E-state index < -0.39 is 6.10 Å². The van der Waals surface area contributed by atoms with Gasteiger partial charge in [-0.3, -0.25) is 15.0 Å². The standard InChI is InChI=1S/C17H19N3O2S/c1-2-20-8-7-12-15(10-20)23-17(18-12)19-16(21)14-9-11-5-3-4-6-13(11)22-14/h3-6,14H,2,7-10H2,1H3,(H,18,19,21). The largest absolute Gasteiger partial charge is 0.480 e. The molecule has 0 fully saturated rings. The molecule has 0 bridgehead atoms. The molecule has 1 amide bonds. The third kappa shape index (κ3) is 2.84. The second-order valence-electron chi connectivity index (χ2n) is 5.92. The van der Waals surface area contributed by atoms with Crippen molar-refractivity contribution in [2.24, 2.45) is 0 Å². The molecule has 0 saturated heterocycles. The molecule has 1 unspecified atom stereocenters. The van der Waals surface area contributed by atoms with Crippen LogP contribution in [0.2, 0.25) is 0 Å². The number of hydrogen-bond acceptors (Lipinski definition) is 5. The molecule has 0 aliphatic carbocycles. The fraction of sp³-hybridized carbons (Fsp3) is 0.412. The summed E-state index contributed by atoms with van der Waals surface area (Å²) in [6.45, 7) is 5.20. The monoisotopic (exact) mass is 329 g/mol. The lowest BCUT2D eigenvalue weighted by Gasteiger charge is -2.23. The number of amides is 1. The van der Waals surface area contributed by atoms with Gasteiger partial charge < -0.3 is 4.74 Å². The minimum atomic E-state index is -0.458. The van der Waals surface area contributed by atoms with E-state index in [9.17, 15) is 4.79 Å². The summed E-state index contributed by atoms with van der Waals surface area (Å²) in [5.74, 6) is 0.698. The van der Waals surface area contributed by atoms with Crippen LogP contribution < -0.4 is 10.1 Å². The van der Waals surface area contributed by atoms with E-state index in [1.54, 1.807) is 11.3 Å². The number of nitrogens with one attached hydrogen (secondary N) is 1. The predicted octanol–water partition coefficient (Wildman–Crippen LogP) is 2.46. The average Bonchev–Trinajstić information content (AvgIpc) is 3.17. The van der Waals surface area contributed by atoms with Crippen LogP contribution in [-0.4, -0.2) is 35.0 Å². The van der Waals surface area contributed by atoms with Gasteiger partial charge in [0.25, 0.3) is 5.91 Å². The summed E-state index contributed by atoms with van der Waals surface area (Å²) in [6, 6.07) is 7.80. The summed E-state index contributed by atoms with van der Waals surface area (Å²) in [5, 5.41) is 3.63. The Morgan fingerprint density at radius 2 is 2.35 bits per heavy atom. The summed E-state index contributed by atoms with van der Waals surface area (Å²) in [7, 11) is 0. The number of anilines is 1. The first-order valence-corrected chi connectivity index (χ1v) is 8.81. The van der Waals surface area contributed by atoms with E-state index in [0.29, 0.717) is 11.6 Å². The summed E-state index contributed by atoms with van der Waals surface area (Å²) >= 11 is 1.59. The van der Waals surface area contributed by atoms with Crippen molar-refractivity contribution in [2.45, 2.75) is 32.4 Å². The summed E-state index contributed by atoms with van der Waals surface area (Å²) in [6.07, 6.45) is 1.12. The summed E-state index contributed by atoms with van der Waals surface area (Å²) < 4.78 is 5.73. The molecule has 23 heavy (non-hydrogen) atoms. The Hall–Kier alpha value is -1.92. The van der Waals surface area contributed by atoms with E-state index >= 15 is 0 Å². The maximum absolute atomic E-state index is 12.4. The number of aromatic nitrogens is 1. The molecule has 3 heterocycles. The third-order valence-corrected chi connectivity index (χ3v) is 5.43. The Kier molecular flexibility index (Phi) is 3.79. The van der Waals surface area contributed by atoms with Crippen molar-refractivity contribution in [3.63, 3.8) is 0 Å². The molecule has 4 rings (SSSR count). The van der Waals surface area contributed by atoms with Crippen LogP contribution in [0.4, 0.5) is 5.13 Å². The highest BCUT2D eigenvalue weighted by Gasteiger charge is 2.30. The van der Waals surface area contributed by atoms with Crippen LogP contribution in [0.1, 0.15) is 23.1 Å². The minimum Gasteiger partial charge on any atom is -0.480 e. The highest BCUT2D eigenvalue weighted by atomic mass is 32.1. The summed E-state index contributed by atoms with van der Waals surface area (Å²) in [5.41, 5.74) is 2.22. The molecule has 5 nitrogen and oxygen atoms in total. The van der Waals surface area contributed by atoms with Gasteiger partial charge in [-0.15, -0.1) is 11.3 Å².